The molecule has 1 aliphatic carbocycles. The topological polar surface area (TPSA) is 73.1 Å². The zero-order valence-corrected chi connectivity index (χ0v) is 13.9. The van der Waals surface area contributed by atoms with Crippen LogP contribution >= 0.6 is 0 Å². The maximum Gasteiger partial charge on any atom is 0.231 e. The molecule has 2 aliphatic rings. The molecule has 2 heterocycles. The lowest BCUT2D eigenvalue weighted by molar-refractivity contribution is -0.149. The van der Waals surface area contributed by atoms with Crippen LogP contribution in [0.3, 0.4) is 0 Å². The zero-order chi connectivity index (χ0) is 16.0. The van der Waals surface area contributed by atoms with Crippen LogP contribution in [0.15, 0.2) is 0 Å². The monoisotopic (exact) mass is 307 g/mol. The van der Waals surface area contributed by atoms with Gasteiger partial charge in [0.2, 0.25) is 5.91 Å². The van der Waals surface area contributed by atoms with Crippen LogP contribution in [0, 0.1) is 5.92 Å². The van der Waals surface area contributed by atoms with Crippen molar-refractivity contribution >= 4 is 5.91 Å². The van der Waals surface area contributed by atoms with Gasteiger partial charge < -0.3 is 9.64 Å². The third-order valence-electron chi connectivity index (χ3n) is 4.59. The fourth-order valence-corrected chi connectivity index (χ4v) is 3.05. The van der Waals surface area contributed by atoms with Crippen LogP contribution < -0.4 is 0 Å². The molecule has 1 unspecified atom stereocenters. The normalized spacial score (nSPS) is 26.3. The Morgan fingerprint density at radius 2 is 2.14 bits per heavy atom. The standard InChI is InChI=1S/C15H25N5O2/c1-14(2,3)20-17-12(16-18-20)9-13(21)19-7-8-22-10-15(19,4)11-5-6-11/h11H,5-10H2,1-4H3. The Hall–Kier alpha value is -1.50. The Morgan fingerprint density at radius 1 is 1.41 bits per heavy atom. The third kappa shape index (κ3) is 2.86. The van der Waals surface area contributed by atoms with Gasteiger partial charge in [0.1, 0.15) is 0 Å². The van der Waals surface area contributed by atoms with Gasteiger partial charge in [-0.1, -0.05) is 0 Å². The fraction of sp³-hybridized carbons (Fsp3) is 0.867. The van der Waals surface area contributed by atoms with Crippen LogP contribution in [0.5, 0.6) is 0 Å². The van der Waals surface area contributed by atoms with E-state index in [-0.39, 0.29) is 23.4 Å². The third-order valence-corrected chi connectivity index (χ3v) is 4.59. The largest absolute Gasteiger partial charge is 0.377 e. The lowest BCUT2D eigenvalue weighted by Gasteiger charge is -2.45. The maximum absolute atomic E-state index is 12.7. The SMILES string of the molecule is CC1(C2CC2)COCCN1C(=O)Cc1nnn(C(C)(C)C)n1. The number of morpholine rings is 1. The Morgan fingerprint density at radius 3 is 2.73 bits per heavy atom. The van der Waals surface area contributed by atoms with Crippen LogP contribution in [-0.4, -0.2) is 56.3 Å². The highest BCUT2D eigenvalue weighted by Gasteiger charge is 2.49. The highest BCUT2D eigenvalue weighted by molar-refractivity contribution is 5.79. The Kier molecular flexibility index (Phi) is 3.71. The summed E-state index contributed by atoms with van der Waals surface area (Å²) in [5, 5.41) is 12.4. The van der Waals surface area contributed by atoms with E-state index in [1.165, 1.54) is 12.8 Å². The lowest BCUT2D eigenvalue weighted by Crippen LogP contribution is -2.59. The molecule has 7 nitrogen and oxygen atoms in total. The van der Waals surface area contributed by atoms with Gasteiger partial charge in [-0.25, -0.2) is 0 Å². The van der Waals surface area contributed by atoms with Gasteiger partial charge in [-0.2, -0.15) is 4.80 Å². The number of ether oxygens (including phenoxy) is 1. The molecule has 0 spiro atoms. The molecule has 0 bridgehead atoms. The smallest absolute Gasteiger partial charge is 0.231 e. The second-order valence-electron chi connectivity index (χ2n) is 7.57. The number of hydrogen-bond acceptors (Lipinski definition) is 5. The van der Waals surface area contributed by atoms with E-state index in [9.17, 15) is 4.79 Å². The Labute approximate surface area is 131 Å². The predicted molar refractivity (Wildman–Crippen MR) is 80.2 cm³/mol. The first-order valence-electron chi connectivity index (χ1n) is 7.98. The quantitative estimate of drug-likeness (QED) is 0.833. The van der Waals surface area contributed by atoms with Crippen molar-refractivity contribution in [3.63, 3.8) is 0 Å². The van der Waals surface area contributed by atoms with Crippen molar-refractivity contribution < 1.29 is 9.53 Å². The second kappa shape index (κ2) is 5.30. The molecule has 22 heavy (non-hydrogen) atoms. The van der Waals surface area contributed by atoms with Crippen LogP contribution in [0.4, 0.5) is 0 Å². The van der Waals surface area contributed by atoms with E-state index in [1.807, 2.05) is 25.7 Å². The highest BCUT2D eigenvalue weighted by Crippen LogP contribution is 2.44. The Balaban J connectivity index is 1.72. The highest BCUT2D eigenvalue weighted by atomic mass is 16.5. The molecule has 0 radical (unpaired) electrons. The lowest BCUT2D eigenvalue weighted by atomic mass is 9.92. The molecule has 1 aromatic rings. The number of nitrogens with zero attached hydrogens (tertiary/aromatic N) is 5. The van der Waals surface area contributed by atoms with Gasteiger partial charge in [-0.05, 0) is 51.7 Å². The van der Waals surface area contributed by atoms with Crippen molar-refractivity contribution in [1.29, 1.82) is 0 Å². The molecule has 122 valence electrons. The average Bonchev–Trinajstić information content (AvgIpc) is 3.19. The summed E-state index contributed by atoms with van der Waals surface area (Å²) < 4.78 is 5.62. The molecule has 1 amide bonds. The predicted octanol–water partition coefficient (Wildman–Crippen LogP) is 0.998. The maximum atomic E-state index is 12.7. The number of amides is 1. The van der Waals surface area contributed by atoms with E-state index in [0.29, 0.717) is 31.5 Å². The van der Waals surface area contributed by atoms with Gasteiger partial charge in [0.15, 0.2) is 5.82 Å². The summed E-state index contributed by atoms with van der Waals surface area (Å²) in [4.78, 5) is 16.3. The van der Waals surface area contributed by atoms with Gasteiger partial charge in [-0.3, -0.25) is 4.79 Å². The summed E-state index contributed by atoms with van der Waals surface area (Å²) in [5.41, 5.74) is -0.398. The van der Waals surface area contributed by atoms with Gasteiger partial charge in [0.05, 0.1) is 30.7 Å². The molecule has 2 fully saturated rings. The molecule has 1 aromatic heterocycles. The number of rotatable bonds is 3. The van der Waals surface area contributed by atoms with Gasteiger partial charge in [0.25, 0.3) is 0 Å². The van der Waals surface area contributed by atoms with E-state index in [2.05, 4.69) is 22.3 Å². The van der Waals surface area contributed by atoms with E-state index in [4.69, 9.17) is 4.74 Å². The van der Waals surface area contributed by atoms with Crippen LogP contribution in [0.25, 0.3) is 0 Å². The molecule has 1 saturated carbocycles. The van der Waals surface area contributed by atoms with Gasteiger partial charge >= 0.3 is 0 Å². The second-order valence-corrected chi connectivity index (χ2v) is 7.57. The minimum atomic E-state index is -0.226. The molecule has 1 saturated heterocycles. The number of aromatic nitrogens is 4. The van der Waals surface area contributed by atoms with E-state index in [0.717, 1.165) is 0 Å². The zero-order valence-electron chi connectivity index (χ0n) is 13.9. The summed E-state index contributed by atoms with van der Waals surface area (Å²) in [6, 6.07) is 0. The molecule has 0 aromatic carbocycles. The number of hydrogen-bond donors (Lipinski definition) is 0. The van der Waals surface area contributed by atoms with Crippen LogP contribution in [0.1, 0.15) is 46.4 Å². The van der Waals surface area contributed by atoms with E-state index in [1.54, 1.807) is 4.80 Å². The van der Waals surface area contributed by atoms with Crippen LogP contribution in [-0.2, 0) is 21.5 Å². The van der Waals surface area contributed by atoms with Crippen molar-refractivity contribution in [3.8, 4) is 0 Å². The first kappa shape index (κ1) is 15.4. The van der Waals surface area contributed by atoms with Gasteiger partial charge in [0, 0.05) is 6.54 Å². The molecule has 1 aliphatic heterocycles. The fourth-order valence-electron chi connectivity index (χ4n) is 3.05. The molecule has 0 N–H and O–H groups in total. The first-order chi connectivity index (χ1) is 10.3. The number of carbonyl (C=O) groups is 1. The summed E-state index contributed by atoms with van der Waals surface area (Å²) >= 11 is 0. The minimum absolute atomic E-state index is 0.0751. The number of carbonyl (C=O) groups excluding carboxylic acids is 1. The summed E-state index contributed by atoms with van der Waals surface area (Å²) in [5.74, 6) is 1.13. The van der Waals surface area contributed by atoms with Crippen molar-refractivity contribution in [3.05, 3.63) is 5.82 Å². The van der Waals surface area contributed by atoms with Crippen molar-refractivity contribution in [1.82, 2.24) is 25.1 Å². The molecule has 1 atom stereocenters. The van der Waals surface area contributed by atoms with Crippen LogP contribution in [0.2, 0.25) is 0 Å². The van der Waals surface area contributed by atoms with Crippen molar-refractivity contribution in [2.45, 2.75) is 58.0 Å². The molecule has 7 heteroatoms. The first-order valence-corrected chi connectivity index (χ1v) is 7.98. The number of tetrazole rings is 1. The van der Waals surface area contributed by atoms with E-state index >= 15 is 0 Å². The van der Waals surface area contributed by atoms with E-state index < -0.39 is 0 Å². The molecular weight excluding hydrogens is 282 g/mol. The van der Waals surface area contributed by atoms with Gasteiger partial charge in [-0.15, -0.1) is 10.2 Å². The summed E-state index contributed by atoms with van der Waals surface area (Å²) in [6.45, 7) is 10.0. The Bertz CT molecular complexity index is 561. The molecular formula is C15H25N5O2. The minimum Gasteiger partial charge on any atom is -0.377 e. The van der Waals surface area contributed by atoms with Crippen molar-refractivity contribution in [2.24, 2.45) is 5.92 Å². The summed E-state index contributed by atoms with van der Waals surface area (Å²) in [7, 11) is 0. The van der Waals surface area contributed by atoms with Crippen molar-refractivity contribution in [2.75, 3.05) is 19.8 Å². The molecule has 3 rings (SSSR count). The summed E-state index contributed by atoms with van der Waals surface area (Å²) in [6.07, 6.45) is 2.57. The average molecular weight is 307 g/mol.